The van der Waals surface area contributed by atoms with Crippen LogP contribution in [0.25, 0.3) is 0 Å². The number of benzene rings is 2. The van der Waals surface area contributed by atoms with Crippen molar-refractivity contribution in [3.05, 3.63) is 60.2 Å². The van der Waals surface area contributed by atoms with Crippen molar-refractivity contribution in [2.75, 3.05) is 23.7 Å². The molecule has 19 heavy (non-hydrogen) atoms. The Hall–Kier alpha value is -1.96. The van der Waals surface area contributed by atoms with E-state index in [-0.39, 0.29) is 0 Å². The van der Waals surface area contributed by atoms with E-state index in [4.69, 9.17) is 5.73 Å². The third kappa shape index (κ3) is 2.73. The van der Waals surface area contributed by atoms with E-state index in [0.29, 0.717) is 5.92 Å². The van der Waals surface area contributed by atoms with Gasteiger partial charge in [-0.15, -0.1) is 0 Å². The van der Waals surface area contributed by atoms with Crippen LogP contribution in [-0.2, 0) is 0 Å². The van der Waals surface area contributed by atoms with Crippen LogP contribution in [0.15, 0.2) is 54.6 Å². The van der Waals surface area contributed by atoms with Gasteiger partial charge in [-0.2, -0.15) is 0 Å². The van der Waals surface area contributed by atoms with Gasteiger partial charge in [-0.25, -0.2) is 0 Å². The largest absolute Gasteiger partial charge is 0.399 e. The van der Waals surface area contributed by atoms with Crippen LogP contribution in [0.2, 0.25) is 0 Å². The number of para-hydroxylation sites is 1. The van der Waals surface area contributed by atoms with Gasteiger partial charge in [0.15, 0.2) is 0 Å². The fourth-order valence-corrected chi connectivity index (χ4v) is 2.92. The first-order chi connectivity index (χ1) is 9.33. The highest BCUT2D eigenvalue weighted by atomic mass is 15.1. The smallest absolute Gasteiger partial charge is 0.0366 e. The van der Waals surface area contributed by atoms with Crippen molar-refractivity contribution in [3.63, 3.8) is 0 Å². The first-order valence-electron chi connectivity index (χ1n) is 6.98. The summed E-state index contributed by atoms with van der Waals surface area (Å²) in [5.41, 5.74) is 9.49. The Bertz CT molecular complexity index is 528. The van der Waals surface area contributed by atoms with Crippen LogP contribution >= 0.6 is 0 Å². The highest BCUT2D eigenvalue weighted by molar-refractivity contribution is 5.47. The van der Waals surface area contributed by atoms with E-state index in [1.165, 1.54) is 24.1 Å². The standard InChI is InChI=1S/C17H20N2/c18-16-6-4-5-15(13-16)14-9-11-19(12-10-14)17-7-2-1-3-8-17/h1-8,13-14H,9-12,18H2. The van der Waals surface area contributed by atoms with Crippen LogP contribution in [0, 0.1) is 0 Å². The third-order valence-corrected chi connectivity index (χ3v) is 4.00. The van der Waals surface area contributed by atoms with Crippen LogP contribution in [0.5, 0.6) is 0 Å². The highest BCUT2D eigenvalue weighted by Gasteiger charge is 2.20. The normalized spacial score (nSPS) is 16.5. The summed E-state index contributed by atoms with van der Waals surface area (Å²) >= 11 is 0. The van der Waals surface area contributed by atoms with E-state index >= 15 is 0 Å². The van der Waals surface area contributed by atoms with Crippen LogP contribution < -0.4 is 10.6 Å². The lowest BCUT2D eigenvalue weighted by Crippen LogP contribution is -2.32. The number of hydrogen-bond donors (Lipinski definition) is 1. The molecule has 2 aromatic carbocycles. The number of nitrogens with zero attached hydrogens (tertiary/aromatic N) is 1. The maximum atomic E-state index is 5.87. The first kappa shape index (κ1) is 12.1. The molecule has 0 saturated carbocycles. The minimum absolute atomic E-state index is 0.656. The van der Waals surface area contributed by atoms with Crippen LogP contribution in [0.4, 0.5) is 11.4 Å². The van der Waals surface area contributed by atoms with Gasteiger partial charge >= 0.3 is 0 Å². The molecule has 0 aliphatic carbocycles. The first-order valence-corrected chi connectivity index (χ1v) is 6.98. The lowest BCUT2D eigenvalue weighted by atomic mass is 9.89. The van der Waals surface area contributed by atoms with Gasteiger partial charge in [0.1, 0.15) is 0 Å². The van der Waals surface area contributed by atoms with Crippen molar-refractivity contribution < 1.29 is 0 Å². The molecule has 0 aromatic heterocycles. The summed E-state index contributed by atoms with van der Waals surface area (Å²) in [6.45, 7) is 2.26. The summed E-state index contributed by atoms with van der Waals surface area (Å²) in [7, 11) is 0. The number of anilines is 2. The molecule has 1 heterocycles. The zero-order valence-electron chi connectivity index (χ0n) is 11.1. The summed E-state index contributed by atoms with van der Waals surface area (Å²) in [6.07, 6.45) is 2.41. The summed E-state index contributed by atoms with van der Waals surface area (Å²) in [5, 5.41) is 0. The molecule has 1 fully saturated rings. The van der Waals surface area contributed by atoms with Gasteiger partial charge in [0.25, 0.3) is 0 Å². The fourth-order valence-electron chi connectivity index (χ4n) is 2.92. The van der Waals surface area contributed by atoms with Gasteiger partial charge < -0.3 is 10.6 Å². The van der Waals surface area contributed by atoms with Gasteiger partial charge in [-0.05, 0) is 48.6 Å². The zero-order valence-corrected chi connectivity index (χ0v) is 11.1. The molecule has 0 bridgehead atoms. The molecule has 2 nitrogen and oxygen atoms in total. The molecule has 2 heteroatoms. The highest BCUT2D eigenvalue weighted by Crippen LogP contribution is 2.30. The van der Waals surface area contributed by atoms with E-state index < -0.39 is 0 Å². The van der Waals surface area contributed by atoms with Gasteiger partial charge in [-0.1, -0.05) is 30.3 Å². The molecule has 2 aromatic rings. The number of piperidine rings is 1. The van der Waals surface area contributed by atoms with E-state index in [1.807, 2.05) is 6.07 Å². The second-order valence-corrected chi connectivity index (χ2v) is 5.27. The predicted molar refractivity (Wildman–Crippen MR) is 81.5 cm³/mol. The quantitative estimate of drug-likeness (QED) is 0.827. The number of rotatable bonds is 2. The van der Waals surface area contributed by atoms with E-state index in [9.17, 15) is 0 Å². The molecule has 2 N–H and O–H groups in total. The van der Waals surface area contributed by atoms with Gasteiger partial charge in [0.05, 0.1) is 0 Å². The molecule has 0 amide bonds. The summed E-state index contributed by atoms with van der Waals surface area (Å²) < 4.78 is 0. The Morgan fingerprint density at radius 3 is 2.32 bits per heavy atom. The molecule has 1 aliphatic rings. The molecule has 1 saturated heterocycles. The van der Waals surface area contributed by atoms with Crippen molar-refractivity contribution in [2.24, 2.45) is 0 Å². The second-order valence-electron chi connectivity index (χ2n) is 5.27. The van der Waals surface area contributed by atoms with Crippen LogP contribution in [0.1, 0.15) is 24.3 Å². The summed E-state index contributed by atoms with van der Waals surface area (Å²) in [4.78, 5) is 2.47. The lowest BCUT2D eigenvalue weighted by Gasteiger charge is -2.34. The van der Waals surface area contributed by atoms with Gasteiger partial charge in [0.2, 0.25) is 0 Å². The Labute approximate surface area is 114 Å². The van der Waals surface area contributed by atoms with E-state index in [0.717, 1.165) is 18.8 Å². The SMILES string of the molecule is Nc1cccc(C2CCN(c3ccccc3)CC2)c1. The number of nitrogens with two attached hydrogens (primary N) is 1. The molecule has 3 rings (SSSR count). The minimum atomic E-state index is 0.656. The van der Waals surface area contributed by atoms with Crippen molar-refractivity contribution >= 4 is 11.4 Å². The van der Waals surface area contributed by atoms with Crippen LogP contribution in [-0.4, -0.2) is 13.1 Å². The lowest BCUT2D eigenvalue weighted by molar-refractivity contribution is 0.505. The fraction of sp³-hybridized carbons (Fsp3) is 0.294. The molecule has 0 radical (unpaired) electrons. The predicted octanol–water partition coefficient (Wildman–Crippen LogP) is 3.65. The average Bonchev–Trinajstić information content (AvgIpc) is 2.48. The molecule has 1 aliphatic heterocycles. The Morgan fingerprint density at radius 1 is 0.895 bits per heavy atom. The van der Waals surface area contributed by atoms with E-state index in [1.54, 1.807) is 0 Å². The molecule has 0 unspecified atom stereocenters. The molecular formula is C17H20N2. The van der Waals surface area contributed by atoms with Crippen molar-refractivity contribution in [2.45, 2.75) is 18.8 Å². The second kappa shape index (κ2) is 5.35. The van der Waals surface area contributed by atoms with Crippen molar-refractivity contribution in [3.8, 4) is 0 Å². The van der Waals surface area contributed by atoms with Gasteiger partial charge in [0, 0.05) is 24.5 Å². The summed E-state index contributed by atoms with van der Waals surface area (Å²) in [5.74, 6) is 0.656. The van der Waals surface area contributed by atoms with Crippen molar-refractivity contribution in [1.29, 1.82) is 0 Å². The zero-order chi connectivity index (χ0) is 13.1. The maximum absolute atomic E-state index is 5.87. The average molecular weight is 252 g/mol. The number of nitrogen functional groups attached to an aromatic ring is 1. The Balaban J connectivity index is 1.67. The number of hydrogen-bond acceptors (Lipinski definition) is 2. The Kier molecular flexibility index (Phi) is 3.41. The monoisotopic (exact) mass is 252 g/mol. The molecule has 0 spiro atoms. The van der Waals surface area contributed by atoms with Gasteiger partial charge in [-0.3, -0.25) is 0 Å². The minimum Gasteiger partial charge on any atom is -0.399 e. The van der Waals surface area contributed by atoms with E-state index in [2.05, 4.69) is 53.4 Å². The summed E-state index contributed by atoms with van der Waals surface area (Å²) in [6, 6.07) is 19.0. The Morgan fingerprint density at radius 2 is 1.63 bits per heavy atom. The molecule has 98 valence electrons. The van der Waals surface area contributed by atoms with Crippen molar-refractivity contribution in [1.82, 2.24) is 0 Å². The maximum Gasteiger partial charge on any atom is 0.0366 e. The topological polar surface area (TPSA) is 29.3 Å². The third-order valence-electron chi connectivity index (χ3n) is 4.00. The van der Waals surface area contributed by atoms with Crippen LogP contribution in [0.3, 0.4) is 0 Å². The molecular weight excluding hydrogens is 232 g/mol. The molecule has 0 atom stereocenters.